The molecular weight excluding hydrogens is 236 g/mol. The Balaban J connectivity index is 2.01. The van der Waals surface area contributed by atoms with Crippen LogP contribution in [-0.2, 0) is 4.74 Å². The van der Waals surface area contributed by atoms with E-state index in [1.807, 2.05) is 12.1 Å². The first kappa shape index (κ1) is 10.6. The number of H-pyrrole nitrogens is 1. The molecule has 0 aliphatic carbocycles. The molecule has 3 rings (SSSR count). The van der Waals surface area contributed by atoms with Crippen molar-refractivity contribution in [2.75, 3.05) is 13.2 Å². The van der Waals surface area contributed by atoms with Crippen LogP contribution in [0.2, 0.25) is 5.02 Å². The molecule has 2 heterocycles. The van der Waals surface area contributed by atoms with Gasteiger partial charge in [0, 0.05) is 10.9 Å². The van der Waals surface area contributed by atoms with Gasteiger partial charge in [0.15, 0.2) is 0 Å². The van der Waals surface area contributed by atoms with Gasteiger partial charge in [0.2, 0.25) is 0 Å². The predicted octanol–water partition coefficient (Wildman–Crippen LogP) is 2.60. The Kier molecular flexibility index (Phi) is 2.36. The molecule has 17 heavy (non-hydrogen) atoms. The number of benzene rings is 1. The molecule has 3 nitrogen and oxygen atoms in total. The van der Waals surface area contributed by atoms with E-state index in [0.717, 1.165) is 16.5 Å². The van der Waals surface area contributed by atoms with E-state index in [1.165, 1.54) is 0 Å². The minimum absolute atomic E-state index is 0.0216. The second-order valence-corrected chi connectivity index (χ2v) is 5.00. The van der Waals surface area contributed by atoms with Crippen LogP contribution >= 0.6 is 11.6 Å². The highest BCUT2D eigenvalue weighted by molar-refractivity contribution is 6.32. The number of hydrogen-bond donors (Lipinski definition) is 1. The van der Waals surface area contributed by atoms with Gasteiger partial charge in [-0.3, -0.25) is 5.10 Å². The summed E-state index contributed by atoms with van der Waals surface area (Å²) in [6.45, 7) is 3.49. The first-order valence-electron chi connectivity index (χ1n) is 5.40. The van der Waals surface area contributed by atoms with Crippen molar-refractivity contribution in [1.29, 1.82) is 0 Å². The average Bonchev–Trinajstić information content (AvgIpc) is 2.70. The van der Waals surface area contributed by atoms with E-state index in [1.54, 1.807) is 6.20 Å². The van der Waals surface area contributed by atoms with Crippen molar-refractivity contribution in [3.63, 3.8) is 0 Å². The molecule has 4 heteroatoms. The quantitative estimate of drug-likeness (QED) is 0.726. The van der Waals surface area contributed by atoms with E-state index in [-0.39, 0.29) is 5.41 Å². The average molecular weight is 247 g/mol. The van der Waals surface area contributed by atoms with E-state index >= 15 is 0 Å². The van der Waals surface area contributed by atoms with Crippen LogP contribution in [0.1, 0.15) is 12.5 Å². The fraction of sp³-hybridized carbons (Fsp3) is 0.308. The molecule has 1 saturated heterocycles. The first-order chi connectivity index (χ1) is 8.16. The Morgan fingerprint density at radius 2 is 2.29 bits per heavy atom. The molecule has 1 aliphatic rings. The van der Waals surface area contributed by atoms with Gasteiger partial charge in [-0.1, -0.05) is 23.4 Å². The minimum Gasteiger partial charge on any atom is -0.378 e. The van der Waals surface area contributed by atoms with Crippen LogP contribution in [0.25, 0.3) is 10.9 Å². The summed E-state index contributed by atoms with van der Waals surface area (Å²) >= 11 is 6.17. The van der Waals surface area contributed by atoms with Crippen molar-refractivity contribution in [3.8, 4) is 11.8 Å². The largest absolute Gasteiger partial charge is 0.378 e. The summed E-state index contributed by atoms with van der Waals surface area (Å²) in [5.74, 6) is 6.34. The molecule has 0 bridgehead atoms. The van der Waals surface area contributed by atoms with Crippen molar-refractivity contribution in [1.82, 2.24) is 10.2 Å². The lowest BCUT2D eigenvalue weighted by molar-refractivity contribution is -0.0648. The van der Waals surface area contributed by atoms with E-state index in [0.29, 0.717) is 18.2 Å². The van der Waals surface area contributed by atoms with Crippen molar-refractivity contribution >= 4 is 22.5 Å². The lowest BCUT2D eigenvalue weighted by Crippen LogP contribution is -2.38. The lowest BCUT2D eigenvalue weighted by Gasteiger charge is -2.32. The first-order valence-corrected chi connectivity index (χ1v) is 5.78. The number of hydrogen-bond acceptors (Lipinski definition) is 2. The monoisotopic (exact) mass is 246 g/mol. The highest BCUT2D eigenvalue weighted by Gasteiger charge is 2.31. The Hall–Kier alpha value is -1.50. The zero-order valence-electron chi connectivity index (χ0n) is 9.38. The number of aromatic nitrogens is 2. The van der Waals surface area contributed by atoms with Gasteiger partial charge in [-0.05, 0) is 19.1 Å². The number of halogens is 1. The van der Waals surface area contributed by atoms with Gasteiger partial charge in [-0.2, -0.15) is 5.10 Å². The zero-order valence-corrected chi connectivity index (χ0v) is 10.1. The summed E-state index contributed by atoms with van der Waals surface area (Å²) in [5.41, 5.74) is 1.76. The maximum Gasteiger partial charge on any atom is 0.0756 e. The molecule has 0 atom stereocenters. The van der Waals surface area contributed by atoms with Crippen LogP contribution in [0.5, 0.6) is 0 Å². The Morgan fingerprint density at radius 1 is 1.47 bits per heavy atom. The normalized spacial score (nSPS) is 17.3. The van der Waals surface area contributed by atoms with Crippen LogP contribution in [-0.4, -0.2) is 23.4 Å². The van der Waals surface area contributed by atoms with Crippen molar-refractivity contribution in [3.05, 3.63) is 28.9 Å². The number of ether oxygens (including phenoxy) is 1. The number of rotatable bonds is 0. The number of nitrogens with zero attached hydrogens (tertiary/aromatic N) is 1. The summed E-state index contributed by atoms with van der Waals surface area (Å²) in [4.78, 5) is 0. The summed E-state index contributed by atoms with van der Waals surface area (Å²) < 4.78 is 5.16. The molecular formula is C13H11ClN2O. The fourth-order valence-electron chi connectivity index (χ4n) is 1.76. The van der Waals surface area contributed by atoms with Crippen molar-refractivity contribution < 1.29 is 4.74 Å². The van der Waals surface area contributed by atoms with Gasteiger partial charge >= 0.3 is 0 Å². The SMILES string of the molecule is CC1(C#Cc2cc3[nH]ncc3cc2Cl)COC1. The maximum absolute atomic E-state index is 6.17. The Labute approximate surface area is 104 Å². The van der Waals surface area contributed by atoms with E-state index in [4.69, 9.17) is 16.3 Å². The molecule has 0 spiro atoms. The second-order valence-electron chi connectivity index (χ2n) is 4.59. The molecule has 86 valence electrons. The fourth-order valence-corrected chi connectivity index (χ4v) is 1.98. The van der Waals surface area contributed by atoms with Gasteiger partial charge in [0.25, 0.3) is 0 Å². The van der Waals surface area contributed by atoms with Crippen molar-refractivity contribution in [2.24, 2.45) is 5.41 Å². The Bertz CT molecular complexity index is 632. The molecule has 1 aromatic heterocycles. The third kappa shape index (κ3) is 1.90. The summed E-state index contributed by atoms with van der Waals surface area (Å²) in [6, 6.07) is 3.81. The molecule has 1 aromatic carbocycles. The molecule has 0 unspecified atom stereocenters. The van der Waals surface area contributed by atoms with Gasteiger partial charge in [-0.25, -0.2) is 0 Å². The van der Waals surface area contributed by atoms with Crippen molar-refractivity contribution in [2.45, 2.75) is 6.92 Å². The predicted molar refractivity (Wildman–Crippen MR) is 66.9 cm³/mol. The zero-order chi connectivity index (χ0) is 11.9. The van der Waals surface area contributed by atoms with Gasteiger partial charge < -0.3 is 4.74 Å². The third-order valence-corrected chi connectivity index (χ3v) is 3.18. The van der Waals surface area contributed by atoms with Crippen LogP contribution in [0.4, 0.5) is 0 Å². The van der Waals surface area contributed by atoms with Crippen LogP contribution in [0.15, 0.2) is 18.3 Å². The van der Waals surface area contributed by atoms with Gasteiger partial charge in [0.05, 0.1) is 35.4 Å². The number of fused-ring (bicyclic) bond motifs is 1. The van der Waals surface area contributed by atoms with E-state index in [2.05, 4.69) is 29.0 Å². The summed E-state index contributed by atoms with van der Waals surface area (Å²) in [6.07, 6.45) is 1.75. The minimum atomic E-state index is -0.0216. The van der Waals surface area contributed by atoms with Gasteiger partial charge in [0.1, 0.15) is 0 Å². The van der Waals surface area contributed by atoms with Crippen LogP contribution in [0.3, 0.4) is 0 Å². The summed E-state index contributed by atoms with van der Waals surface area (Å²) in [5, 5.41) is 8.54. The Morgan fingerprint density at radius 3 is 3.00 bits per heavy atom. The molecule has 1 aliphatic heterocycles. The number of nitrogens with one attached hydrogen (secondary N) is 1. The number of aromatic amines is 1. The topological polar surface area (TPSA) is 37.9 Å². The molecule has 1 fully saturated rings. The second kappa shape index (κ2) is 3.76. The molecule has 0 saturated carbocycles. The summed E-state index contributed by atoms with van der Waals surface area (Å²) in [7, 11) is 0. The molecule has 1 N–H and O–H groups in total. The molecule has 2 aromatic rings. The molecule has 0 radical (unpaired) electrons. The van der Waals surface area contributed by atoms with Gasteiger partial charge in [-0.15, -0.1) is 0 Å². The smallest absolute Gasteiger partial charge is 0.0756 e. The highest BCUT2D eigenvalue weighted by Crippen LogP contribution is 2.26. The van der Waals surface area contributed by atoms with Crippen LogP contribution in [0, 0.1) is 17.3 Å². The van der Waals surface area contributed by atoms with E-state index < -0.39 is 0 Å². The lowest BCUT2D eigenvalue weighted by atomic mass is 9.89. The van der Waals surface area contributed by atoms with E-state index in [9.17, 15) is 0 Å². The standard InChI is InChI=1S/C13H11ClN2O/c1-13(7-17-8-13)3-2-9-5-12-10(4-11(9)14)6-15-16-12/h4-6H,7-8H2,1H3,(H,15,16). The van der Waals surface area contributed by atoms with Crippen LogP contribution < -0.4 is 0 Å². The maximum atomic E-state index is 6.17. The third-order valence-electron chi connectivity index (χ3n) is 2.87. The molecule has 0 amide bonds. The highest BCUT2D eigenvalue weighted by atomic mass is 35.5.